The third-order valence-electron chi connectivity index (χ3n) is 4.89. The van der Waals surface area contributed by atoms with Crippen LogP contribution in [0.1, 0.15) is 43.4 Å². The summed E-state index contributed by atoms with van der Waals surface area (Å²) in [5.74, 6) is 1.36. The third kappa shape index (κ3) is 6.23. The van der Waals surface area contributed by atoms with Crippen LogP contribution in [0, 0.1) is 5.92 Å². The molecule has 2 aliphatic rings. The summed E-state index contributed by atoms with van der Waals surface area (Å²) in [4.78, 5) is 8.61. The first-order valence-corrected chi connectivity index (χ1v) is 9.49. The number of nitrogens with two attached hydrogens (primary N) is 1. The van der Waals surface area contributed by atoms with Crippen molar-refractivity contribution in [2.75, 3.05) is 19.6 Å². The fourth-order valence-corrected chi connectivity index (χ4v) is 4.25. The lowest BCUT2D eigenvalue weighted by molar-refractivity contribution is 0.182. The molecule has 130 valence electrons. The summed E-state index contributed by atoms with van der Waals surface area (Å²) >= 11 is 1.86. The van der Waals surface area contributed by atoms with Crippen LogP contribution < -0.4 is 11.1 Å². The molecule has 0 aromatic carbocycles. The molecule has 23 heavy (non-hydrogen) atoms. The Hall–Kier alpha value is -0.340. The van der Waals surface area contributed by atoms with E-state index in [2.05, 4.69) is 32.7 Å². The van der Waals surface area contributed by atoms with Crippen molar-refractivity contribution in [3.63, 3.8) is 0 Å². The van der Waals surface area contributed by atoms with Crippen LogP contribution in [0.15, 0.2) is 22.5 Å². The van der Waals surface area contributed by atoms with E-state index < -0.39 is 0 Å². The number of thiophene rings is 1. The van der Waals surface area contributed by atoms with Crippen LogP contribution >= 0.6 is 35.3 Å². The van der Waals surface area contributed by atoms with Gasteiger partial charge in [-0.2, -0.15) is 0 Å². The van der Waals surface area contributed by atoms with Crippen molar-refractivity contribution in [2.24, 2.45) is 16.6 Å². The summed E-state index contributed by atoms with van der Waals surface area (Å²) in [7, 11) is 0. The Morgan fingerprint density at radius 1 is 1.26 bits per heavy atom. The summed E-state index contributed by atoms with van der Waals surface area (Å²) in [6.07, 6.45) is 7.63. The van der Waals surface area contributed by atoms with E-state index >= 15 is 0 Å². The number of nitrogens with zero attached hydrogens (tertiary/aromatic N) is 2. The second-order valence-electron chi connectivity index (χ2n) is 6.65. The van der Waals surface area contributed by atoms with Gasteiger partial charge in [-0.3, -0.25) is 9.89 Å². The van der Waals surface area contributed by atoms with Crippen molar-refractivity contribution < 1.29 is 0 Å². The van der Waals surface area contributed by atoms with Crippen molar-refractivity contribution in [2.45, 2.75) is 51.1 Å². The Balaban J connectivity index is 0.00000192. The first-order chi connectivity index (χ1) is 10.8. The molecule has 0 spiro atoms. The third-order valence-corrected chi connectivity index (χ3v) is 5.75. The molecule has 1 aromatic rings. The van der Waals surface area contributed by atoms with E-state index in [1.807, 2.05) is 11.3 Å². The van der Waals surface area contributed by atoms with Gasteiger partial charge in [0.05, 0.1) is 0 Å². The fourth-order valence-electron chi connectivity index (χ4n) is 3.50. The van der Waals surface area contributed by atoms with Gasteiger partial charge in [0, 0.05) is 24.0 Å². The van der Waals surface area contributed by atoms with E-state index in [-0.39, 0.29) is 24.0 Å². The summed E-state index contributed by atoms with van der Waals surface area (Å²) in [5, 5.41) is 5.54. The van der Waals surface area contributed by atoms with E-state index in [1.165, 1.54) is 56.5 Å². The average molecular weight is 448 g/mol. The fraction of sp³-hybridized carbons (Fsp3) is 0.706. The maximum Gasteiger partial charge on any atom is 0.188 e. The van der Waals surface area contributed by atoms with Crippen LogP contribution in [0.3, 0.4) is 0 Å². The number of nitrogens with one attached hydrogen (secondary N) is 1. The van der Waals surface area contributed by atoms with E-state index in [0.29, 0.717) is 17.9 Å². The highest BCUT2D eigenvalue weighted by Gasteiger charge is 2.20. The quantitative estimate of drug-likeness (QED) is 0.412. The summed E-state index contributed by atoms with van der Waals surface area (Å²) < 4.78 is 0. The van der Waals surface area contributed by atoms with Crippen LogP contribution in [0.2, 0.25) is 0 Å². The van der Waals surface area contributed by atoms with Gasteiger partial charge in [-0.1, -0.05) is 18.9 Å². The predicted octanol–water partition coefficient (Wildman–Crippen LogP) is 3.43. The maximum absolute atomic E-state index is 6.02. The maximum atomic E-state index is 6.02. The van der Waals surface area contributed by atoms with Gasteiger partial charge in [0.2, 0.25) is 0 Å². The largest absolute Gasteiger partial charge is 0.370 e. The van der Waals surface area contributed by atoms with Gasteiger partial charge >= 0.3 is 0 Å². The molecule has 1 aliphatic heterocycles. The Bertz CT molecular complexity index is 463. The van der Waals surface area contributed by atoms with E-state index in [0.717, 1.165) is 13.1 Å². The van der Waals surface area contributed by atoms with Crippen LogP contribution in [-0.2, 0) is 6.54 Å². The normalized spacial score (nSPS) is 21.3. The zero-order valence-electron chi connectivity index (χ0n) is 13.7. The molecule has 0 bridgehead atoms. The first-order valence-electron chi connectivity index (χ1n) is 8.61. The second kappa shape index (κ2) is 9.84. The number of hydrogen-bond acceptors (Lipinski definition) is 3. The zero-order valence-corrected chi connectivity index (χ0v) is 16.9. The average Bonchev–Trinajstić information content (AvgIpc) is 3.20. The van der Waals surface area contributed by atoms with Gasteiger partial charge in [0.15, 0.2) is 5.96 Å². The molecule has 3 N–H and O–H groups in total. The Kier molecular flexibility index (Phi) is 8.12. The Labute approximate surface area is 160 Å². The van der Waals surface area contributed by atoms with Crippen molar-refractivity contribution in [3.05, 3.63) is 22.4 Å². The van der Waals surface area contributed by atoms with E-state index in [1.54, 1.807) is 0 Å². The monoisotopic (exact) mass is 448 g/mol. The number of hydrogen-bond donors (Lipinski definition) is 2. The number of rotatable bonds is 5. The summed E-state index contributed by atoms with van der Waals surface area (Å²) in [6.45, 7) is 4.37. The van der Waals surface area contributed by atoms with Crippen molar-refractivity contribution in [3.8, 4) is 0 Å². The molecule has 0 amide bonds. The Morgan fingerprint density at radius 3 is 2.65 bits per heavy atom. The van der Waals surface area contributed by atoms with E-state index in [4.69, 9.17) is 5.73 Å². The number of aliphatic imine (C=N–C) groups is 1. The molecule has 1 saturated heterocycles. The molecule has 0 atom stereocenters. The van der Waals surface area contributed by atoms with Gasteiger partial charge in [-0.25, -0.2) is 0 Å². The highest BCUT2D eigenvalue weighted by Crippen LogP contribution is 2.21. The molecule has 2 fully saturated rings. The molecule has 1 saturated carbocycles. The number of likely N-dealkylation sites (tertiary alicyclic amines) is 1. The molecule has 1 aromatic heterocycles. The highest BCUT2D eigenvalue weighted by molar-refractivity contribution is 14.0. The molecule has 1 aliphatic carbocycles. The summed E-state index contributed by atoms with van der Waals surface area (Å²) in [5.41, 5.74) is 6.02. The Morgan fingerprint density at radius 2 is 2.00 bits per heavy atom. The zero-order chi connectivity index (χ0) is 15.2. The van der Waals surface area contributed by atoms with Gasteiger partial charge in [0.1, 0.15) is 0 Å². The minimum atomic E-state index is 0. The number of halogens is 1. The lowest BCUT2D eigenvalue weighted by Gasteiger charge is -2.31. The van der Waals surface area contributed by atoms with Gasteiger partial charge in [0.25, 0.3) is 0 Å². The lowest BCUT2D eigenvalue weighted by atomic mass is 9.97. The van der Waals surface area contributed by atoms with Crippen molar-refractivity contribution in [1.29, 1.82) is 0 Å². The minimum Gasteiger partial charge on any atom is -0.370 e. The molecule has 4 nitrogen and oxygen atoms in total. The molecule has 3 rings (SSSR count). The van der Waals surface area contributed by atoms with Crippen LogP contribution in [0.25, 0.3) is 0 Å². The molecule has 2 heterocycles. The van der Waals surface area contributed by atoms with Gasteiger partial charge in [-0.15, -0.1) is 35.3 Å². The van der Waals surface area contributed by atoms with Gasteiger partial charge in [-0.05, 0) is 56.1 Å². The molecule has 6 heteroatoms. The van der Waals surface area contributed by atoms with Crippen molar-refractivity contribution >= 4 is 41.3 Å². The number of guanidine groups is 1. The van der Waals surface area contributed by atoms with E-state index in [9.17, 15) is 0 Å². The first kappa shape index (κ1) is 19.0. The molecule has 0 radical (unpaired) electrons. The lowest BCUT2D eigenvalue weighted by Crippen LogP contribution is -2.39. The standard InChI is InChI=1S/C17H28N4S.HI/c18-17(20-15-4-1-2-5-15)19-12-14-7-9-21(10-8-14)13-16-6-3-11-22-16;/h3,6,11,14-15H,1-2,4-5,7-10,12-13H2,(H3,18,19,20);1H. The summed E-state index contributed by atoms with van der Waals surface area (Å²) in [6, 6.07) is 4.94. The highest BCUT2D eigenvalue weighted by atomic mass is 127. The van der Waals surface area contributed by atoms with Crippen molar-refractivity contribution in [1.82, 2.24) is 10.2 Å². The minimum absolute atomic E-state index is 0. The SMILES string of the molecule is I.NC(=NCC1CCN(Cc2cccs2)CC1)NC1CCCC1. The molecule has 0 unspecified atom stereocenters. The molecular formula is C17H29IN4S. The molecular weight excluding hydrogens is 419 g/mol. The van der Waals surface area contributed by atoms with Crippen LogP contribution in [0.4, 0.5) is 0 Å². The predicted molar refractivity (Wildman–Crippen MR) is 110 cm³/mol. The topological polar surface area (TPSA) is 53.6 Å². The second-order valence-corrected chi connectivity index (χ2v) is 7.68. The number of piperidine rings is 1. The van der Waals surface area contributed by atoms with Crippen LogP contribution in [0.5, 0.6) is 0 Å². The van der Waals surface area contributed by atoms with Crippen LogP contribution in [-0.4, -0.2) is 36.5 Å². The van der Waals surface area contributed by atoms with Gasteiger partial charge < -0.3 is 11.1 Å². The smallest absolute Gasteiger partial charge is 0.188 e.